The normalized spacial score (nSPS) is 12.1. The predicted molar refractivity (Wildman–Crippen MR) is 68.2 cm³/mol. The summed E-state index contributed by atoms with van der Waals surface area (Å²) in [5.74, 6) is -0.927. The summed E-state index contributed by atoms with van der Waals surface area (Å²) < 4.78 is 4.88. The monoisotopic (exact) mass is 260 g/mol. The van der Waals surface area contributed by atoms with E-state index in [2.05, 4.69) is 5.32 Å². The van der Waals surface area contributed by atoms with Gasteiger partial charge in [-0.2, -0.15) is 0 Å². The van der Waals surface area contributed by atoms with Gasteiger partial charge in [0, 0.05) is 26.7 Å². The smallest absolute Gasteiger partial charge is 0.303 e. The quantitative estimate of drug-likeness (QED) is 0.470. The summed E-state index contributed by atoms with van der Waals surface area (Å²) in [6.07, 6.45) is 3.78. The Morgan fingerprint density at radius 1 is 1.28 bits per heavy atom. The van der Waals surface area contributed by atoms with Gasteiger partial charge in [-0.05, 0) is 25.7 Å². The van der Waals surface area contributed by atoms with Crippen LogP contribution < -0.4 is 11.1 Å². The number of hydrogen-bond acceptors (Lipinski definition) is 4. The minimum Gasteiger partial charge on any atom is -0.481 e. The molecule has 1 amide bonds. The zero-order valence-electron chi connectivity index (χ0n) is 11.0. The molecular formula is C12H24N2O4. The summed E-state index contributed by atoms with van der Waals surface area (Å²) in [7, 11) is 1.61. The maximum Gasteiger partial charge on any atom is 0.303 e. The molecule has 106 valence electrons. The molecule has 0 aromatic carbocycles. The molecule has 0 saturated carbocycles. The molecule has 0 saturated heterocycles. The van der Waals surface area contributed by atoms with Crippen LogP contribution in [0.1, 0.15) is 38.5 Å². The minimum absolute atomic E-state index is 0.149. The van der Waals surface area contributed by atoms with Crippen LogP contribution in [0.25, 0.3) is 0 Å². The molecule has 1 unspecified atom stereocenters. The zero-order chi connectivity index (χ0) is 13.8. The van der Waals surface area contributed by atoms with Crippen molar-refractivity contribution in [1.29, 1.82) is 0 Å². The number of carboxylic acid groups (broad SMARTS) is 1. The Hall–Kier alpha value is -1.14. The van der Waals surface area contributed by atoms with Gasteiger partial charge < -0.3 is 20.9 Å². The molecule has 6 heteroatoms. The maximum absolute atomic E-state index is 11.5. The van der Waals surface area contributed by atoms with Crippen molar-refractivity contribution in [1.82, 2.24) is 5.32 Å². The molecule has 18 heavy (non-hydrogen) atoms. The van der Waals surface area contributed by atoms with Crippen molar-refractivity contribution in [2.75, 3.05) is 20.3 Å². The molecule has 0 aromatic rings. The van der Waals surface area contributed by atoms with E-state index in [1.807, 2.05) is 0 Å². The second-order valence-corrected chi connectivity index (χ2v) is 4.24. The fourth-order valence-electron chi connectivity index (χ4n) is 1.50. The van der Waals surface area contributed by atoms with E-state index >= 15 is 0 Å². The molecule has 0 radical (unpaired) electrons. The van der Waals surface area contributed by atoms with Crippen molar-refractivity contribution in [3.8, 4) is 0 Å². The second-order valence-electron chi connectivity index (χ2n) is 4.24. The lowest BCUT2D eigenvalue weighted by molar-refractivity contribution is -0.137. The molecule has 4 N–H and O–H groups in total. The van der Waals surface area contributed by atoms with Crippen LogP contribution in [0.2, 0.25) is 0 Å². The Morgan fingerprint density at radius 3 is 2.61 bits per heavy atom. The Kier molecular flexibility index (Phi) is 10.3. The molecule has 1 atom stereocenters. The minimum atomic E-state index is -0.779. The number of rotatable bonds is 11. The Labute approximate surface area is 108 Å². The summed E-state index contributed by atoms with van der Waals surface area (Å²) in [5, 5.41) is 11.2. The highest BCUT2D eigenvalue weighted by atomic mass is 16.5. The van der Waals surface area contributed by atoms with Crippen LogP contribution in [0.3, 0.4) is 0 Å². The van der Waals surface area contributed by atoms with Crippen LogP contribution in [0.15, 0.2) is 0 Å². The third kappa shape index (κ3) is 10.0. The molecule has 0 aromatic heterocycles. The van der Waals surface area contributed by atoms with Crippen LogP contribution in [0.5, 0.6) is 0 Å². The van der Waals surface area contributed by atoms with Crippen LogP contribution in [0.4, 0.5) is 0 Å². The average Bonchev–Trinajstić information content (AvgIpc) is 2.33. The number of unbranched alkanes of at least 4 members (excludes halogenated alkanes) is 2. The Balaban J connectivity index is 3.43. The largest absolute Gasteiger partial charge is 0.481 e. The van der Waals surface area contributed by atoms with Gasteiger partial charge in [0.1, 0.15) is 0 Å². The molecule has 0 aliphatic heterocycles. The highest BCUT2D eigenvalue weighted by Gasteiger charge is 2.11. The van der Waals surface area contributed by atoms with Crippen molar-refractivity contribution in [2.24, 2.45) is 5.73 Å². The number of hydrogen-bond donors (Lipinski definition) is 3. The number of aliphatic carboxylic acids is 1. The van der Waals surface area contributed by atoms with Crippen LogP contribution >= 0.6 is 0 Å². The first kappa shape index (κ1) is 16.9. The third-order valence-corrected chi connectivity index (χ3v) is 2.57. The number of carbonyl (C=O) groups is 2. The van der Waals surface area contributed by atoms with Gasteiger partial charge in [0.25, 0.3) is 0 Å². The molecule has 0 aliphatic rings. The summed E-state index contributed by atoms with van der Waals surface area (Å²) >= 11 is 0. The molecule has 6 nitrogen and oxygen atoms in total. The van der Waals surface area contributed by atoms with E-state index in [-0.39, 0.29) is 12.3 Å². The number of methoxy groups -OCH3 is 1. The van der Waals surface area contributed by atoms with E-state index < -0.39 is 12.0 Å². The molecule has 0 aliphatic carbocycles. The summed E-state index contributed by atoms with van der Waals surface area (Å²) in [6.45, 7) is 1.16. The number of ether oxygens (including phenoxy) is 1. The van der Waals surface area contributed by atoms with Gasteiger partial charge in [0.15, 0.2) is 0 Å². The van der Waals surface area contributed by atoms with Crippen LogP contribution in [-0.4, -0.2) is 43.3 Å². The van der Waals surface area contributed by atoms with Gasteiger partial charge in [0.05, 0.1) is 6.04 Å². The lowest BCUT2D eigenvalue weighted by Crippen LogP contribution is -2.41. The molecule has 0 heterocycles. The van der Waals surface area contributed by atoms with Crippen LogP contribution in [0, 0.1) is 0 Å². The highest BCUT2D eigenvalue weighted by molar-refractivity contribution is 5.81. The first-order valence-electron chi connectivity index (χ1n) is 6.32. The van der Waals surface area contributed by atoms with Crippen molar-refractivity contribution >= 4 is 11.9 Å². The first-order valence-corrected chi connectivity index (χ1v) is 6.32. The van der Waals surface area contributed by atoms with Gasteiger partial charge in [-0.3, -0.25) is 9.59 Å². The van der Waals surface area contributed by atoms with Gasteiger partial charge in [-0.1, -0.05) is 6.42 Å². The predicted octanol–water partition coefficient (Wildman–Crippen LogP) is 0.502. The fourth-order valence-corrected chi connectivity index (χ4v) is 1.50. The van der Waals surface area contributed by atoms with Gasteiger partial charge in [0.2, 0.25) is 5.91 Å². The Bertz CT molecular complexity index is 246. The lowest BCUT2D eigenvalue weighted by Gasteiger charge is -2.11. The van der Waals surface area contributed by atoms with Crippen molar-refractivity contribution in [3.63, 3.8) is 0 Å². The molecule has 0 rings (SSSR count). The third-order valence-electron chi connectivity index (χ3n) is 2.57. The van der Waals surface area contributed by atoms with Gasteiger partial charge >= 0.3 is 5.97 Å². The van der Waals surface area contributed by atoms with E-state index in [9.17, 15) is 9.59 Å². The van der Waals surface area contributed by atoms with Gasteiger partial charge in [-0.25, -0.2) is 0 Å². The zero-order valence-corrected chi connectivity index (χ0v) is 11.0. The standard InChI is InChI=1S/C12H24N2O4/c1-18-9-5-6-10(13)12(17)14-8-4-2-3-7-11(15)16/h10H,2-9,13H2,1H3,(H,14,17)(H,15,16). The topological polar surface area (TPSA) is 102 Å². The molecule has 0 fully saturated rings. The van der Waals surface area contributed by atoms with E-state index in [0.717, 1.165) is 19.3 Å². The average molecular weight is 260 g/mol. The van der Waals surface area contributed by atoms with Crippen molar-refractivity contribution in [2.45, 2.75) is 44.6 Å². The summed E-state index contributed by atoms with van der Waals surface area (Å²) in [5.41, 5.74) is 5.69. The van der Waals surface area contributed by atoms with Gasteiger partial charge in [-0.15, -0.1) is 0 Å². The van der Waals surface area contributed by atoms with Crippen molar-refractivity contribution in [3.05, 3.63) is 0 Å². The van der Waals surface area contributed by atoms with E-state index in [1.54, 1.807) is 7.11 Å². The van der Waals surface area contributed by atoms with E-state index in [4.69, 9.17) is 15.6 Å². The number of carbonyl (C=O) groups excluding carboxylic acids is 1. The molecule has 0 spiro atoms. The van der Waals surface area contributed by atoms with E-state index in [1.165, 1.54) is 0 Å². The highest BCUT2D eigenvalue weighted by Crippen LogP contribution is 1.99. The molecule has 0 bridgehead atoms. The number of carboxylic acids is 1. The number of nitrogens with one attached hydrogen (secondary N) is 1. The number of amides is 1. The summed E-state index contributed by atoms with van der Waals surface area (Å²) in [6, 6.07) is -0.487. The lowest BCUT2D eigenvalue weighted by atomic mass is 10.1. The SMILES string of the molecule is COCCCC(N)C(=O)NCCCCCC(=O)O. The second kappa shape index (κ2) is 11.0. The first-order chi connectivity index (χ1) is 8.57. The number of nitrogens with two attached hydrogens (primary N) is 1. The fraction of sp³-hybridized carbons (Fsp3) is 0.833. The van der Waals surface area contributed by atoms with E-state index in [0.29, 0.717) is 26.0 Å². The Morgan fingerprint density at radius 2 is 2.00 bits per heavy atom. The van der Waals surface area contributed by atoms with Crippen molar-refractivity contribution < 1.29 is 19.4 Å². The maximum atomic E-state index is 11.5. The molecular weight excluding hydrogens is 236 g/mol. The summed E-state index contributed by atoms with van der Waals surface area (Å²) in [4.78, 5) is 21.8. The van der Waals surface area contributed by atoms with Crippen LogP contribution in [-0.2, 0) is 14.3 Å².